The summed E-state index contributed by atoms with van der Waals surface area (Å²) in [5, 5.41) is 9.22. The molecule has 0 saturated heterocycles. The molecule has 1 aromatic carbocycles. The van der Waals surface area contributed by atoms with Crippen LogP contribution in [0.15, 0.2) is 30.3 Å². The van der Waals surface area contributed by atoms with E-state index < -0.39 is 0 Å². The van der Waals surface area contributed by atoms with Crippen LogP contribution in [-0.2, 0) is 11.3 Å². The summed E-state index contributed by atoms with van der Waals surface area (Å²) in [6.45, 7) is 5.17. The number of hydrogen-bond donors (Lipinski definition) is 1. The van der Waals surface area contributed by atoms with Crippen LogP contribution in [0.25, 0.3) is 0 Å². The first kappa shape index (κ1) is 13.9. The van der Waals surface area contributed by atoms with Gasteiger partial charge < -0.3 is 5.11 Å². The molecule has 1 N–H and O–H groups in total. The highest BCUT2D eigenvalue weighted by Gasteiger charge is 2.13. The van der Waals surface area contributed by atoms with Crippen LogP contribution in [-0.4, -0.2) is 35.0 Å². The summed E-state index contributed by atoms with van der Waals surface area (Å²) in [6, 6.07) is 10.2. The first-order valence-corrected chi connectivity index (χ1v) is 6.01. The fraction of sp³-hybridized carbons (Fsp3) is 0.500. The Morgan fingerprint density at radius 2 is 2.00 bits per heavy atom. The van der Waals surface area contributed by atoms with Gasteiger partial charge in [0, 0.05) is 25.6 Å². The van der Waals surface area contributed by atoms with Gasteiger partial charge in [0.1, 0.15) is 5.78 Å². The molecule has 0 heterocycles. The first-order chi connectivity index (χ1) is 8.13. The molecule has 3 heteroatoms. The second kappa shape index (κ2) is 7.20. The standard InChI is InChI=1S/C14H21NO2/c1-12(11-16)15(9-8-13(2)17)10-14-6-4-3-5-7-14/h3-7,12,16H,8-11H2,1-2H3. The highest BCUT2D eigenvalue weighted by Crippen LogP contribution is 2.09. The highest BCUT2D eigenvalue weighted by molar-refractivity contribution is 5.75. The smallest absolute Gasteiger partial charge is 0.131 e. The van der Waals surface area contributed by atoms with Gasteiger partial charge >= 0.3 is 0 Å². The Morgan fingerprint density at radius 1 is 1.35 bits per heavy atom. The Hall–Kier alpha value is -1.19. The van der Waals surface area contributed by atoms with Crippen molar-refractivity contribution in [3.63, 3.8) is 0 Å². The number of benzene rings is 1. The van der Waals surface area contributed by atoms with E-state index in [2.05, 4.69) is 17.0 Å². The Balaban J connectivity index is 2.60. The zero-order chi connectivity index (χ0) is 12.7. The van der Waals surface area contributed by atoms with Crippen molar-refractivity contribution in [2.45, 2.75) is 32.9 Å². The highest BCUT2D eigenvalue weighted by atomic mass is 16.3. The zero-order valence-corrected chi connectivity index (χ0v) is 10.6. The van der Waals surface area contributed by atoms with Gasteiger partial charge in [0.2, 0.25) is 0 Å². The van der Waals surface area contributed by atoms with Crippen LogP contribution in [0.4, 0.5) is 0 Å². The number of hydrogen-bond acceptors (Lipinski definition) is 3. The molecule has 0 aliphatic rings. The molecule has 1 unspecified atom stereocenters. The van der Waals surface area contributed by atoms with Gasteiger partial charge in [-0.1, -0.05) is 30.3 Å². The molecular formula is C14H21NO2. The summed E-state index contributed by atoms with van der Waals surface area (Å²) >= 11 is 0. The lowest BCUT2D eigenvalue weighted by Crippen LogP contribution is -2.36. The Bertz CT molecular complexity index is 337. The molecule has 1 rings (SSSR count). The molecule has 0 saturated carbocycles. The summed E-state index contributed by atoms with van der Waals surface area (Å²) < 4.78 is 0. The lowest BCUT2D eigenvalue weighted by Gasteiger charge is -2.27. The normalized spacial score (nSPS) is 12.7. The van der Waals surface area contributed by atoms with Gasteiger partial charge in [-0.3, -0.25) is 9.69 Å². The van der Waals surface area contributed by atoms with Crippen LogP contribution in [0.5, 0.6) is 0 Å². The number of aliphatic hydroxyl groups excluding tert-OH is 1. The van der Waals surface area contributed by atoms with E-state index in [4.69, 9.17) is 0 Å². The molecule has 0 radical (unpaired) electrons. The topological polar surface area (TPSA) is 40.5 Å². The molecule has 1 aromatic rings. The van der Waals surface area contributed by atoms with E-state index in [1.807, 2.05) is 25.1 Å². The predicted molar refractivity (Wildman–Crippen MR) is 68.7 cm³/mol. The summed E-state index contributed by atoms with van der Waals surface area (Å²) in [6.07, 6.45) is 0.539. The molecule has 0 bridgehead atoms. The van der Waals surface area contributed by atoms with Crippen LogP contribution in [0.3, 0.4) is 0 Å². The quantitative estimate of drug-likeness (QED) is 0.784. The van der Waals surface area contributed by atoms with Crippen molar-refractivity contribution >= 4 is 5.78 Å². The summed E-state index contributed by atoms with van der Waals surface area (Å²) in [4.78, 5) is 13.2. The van der Waals surface area contributed by atoms with Crippen LogP contribution < -0.4 is 0 Å². The third-order valence-electron chi connectivity index (χ3n) is 2.87. The average Bonchev–Trinajstić information content (AvgIpc) is 2.34. The van der Waals surface area contributed by atoms with E-state index in [0.29, 0.717) is 13.0 Å². The third kappa shape index (κ3) is 5.11. The van der Waals surface area contributed by atoms with E-state index in [9.17, 15) is 9.90 Å². The molecular weight excluding hydrogens is 214 g/mol. The molecule has 94 valence electrons. The van der Waals surface area contributed by atoms with Crippen molar-refractivity contribution in [2.24, 2.45) is 0 Å². The van der Waals surface area contributed by atoms with E-state index in [0.717, 1.165) is 6.54 Å². The number of carbonyl (C=O) groups is 1. The number of rotatable bonds is 7. The minimum Gasteiger partial charge on any atom is -0.395 e. The van der Waals surface area contributed by atoms with Gasteiger partial charge in [-0.2, -0.15) is 0 Å². The lowest BCUT2D eigenvalue weighted by atomic mass is 10.1. The maximum Gasteiger partial charge on any atom is 0.131 e. The largest absolute Gasteiger partial charge is 0.395 e. The van der Waals surface area contributed by atoms with Crippen molar-refractivity contribution in [2.75, 3.05) is 13.2 Å². The van der Waals surface area contributed by atoms with Gasteiger partial charge in [0.05, 0.1) is 6.61 Å². The Labute approximate surface area is 103 Å². The van der Waals surface area contributed by atoms with Crippen LogP contribution in [0.1, 0.15) is 25.8 Å². The SMILES string of the molecule is CC(=O)CCN(Cc1ccccc1)C(C)CO. The second-order valence-electron chi connectivity index (χ2n) is 4.44. The number of aliphatic hydroxyl groups is 1. The van der Waals surface area contributed by atoms with Gasteiger partial charge in [-0.15, -0.1) is 0 Å². The van der Waals surface area contributed by atoms with Crippen molar-refractivity contribution in [1.82, 2.24) is 4.90 Å². The number of nitrogens with zero attached hydrogens (tertiary/aromatic N) is 1. The van der Waals surface area contributed by atoms with Crippen LogP contribution in [0, 0.1) is 0 Å². The van der Waals surface area contributed by atoms with E-state index in [-0.39, 0.29) is 18.4 Å². The van der Waals surface area contributed by atoms with Crippen molar-refractivity contribution < 1.29 is 9.90 Å². The first-order valence-electron chi connectivity index (χ1n) is 6.01. The van der Waals surface area contributed by atoms with Gasteiger partial charge in [0.25, 0.3) is 0 Å². The van der Waals surface area contributed by atoms with Gasteiger partial charge in [-0.25, -0.2) is 0 Å². The van der Waals surface area contributed by atoms with Crippen LogP contribution >= 0.6 is 0 Å². The van der Waals surface area contributed by atoms with Crippen molar-refractivity contribution in [1.29, 1.82) is 0 Å². The van der Waals surface area contributed by atoms with E-state index >= 15 is 0 Å². The molecule has 0 fully saturated rings. The molecule has 3 nitrogen and oxygen atoms in total. The molecule has 0 aromatic heterocycles. The average molecular weight is 235 g/mol. The molecule has 0 aliphatic carbocycles. The second-order valence-corrected chi connectivity index (χ2v) is 4.44. The predicted octanol–water partition coefficient (Wildman–Crippen LogP) is 1.85. The Morgan fingerprint density at radius 3 is 2.53 bits per heavy atom. The lowest BCUT2D eigenvalue weighted by molar-refractivity contribution is -0.117. The fourth-order valence-electron chi connectivity index (χ4n) is 1.69. The van der Waals surface area contributed by atoms with Gasteiger partial charge in [0.15, 0.2) is 0 Å². The zero-order valence-electron chi connectivity index (χ0n) is 10.6. The van der Waals surface area contributed by atoms with Crippen molar-refractivity contribution in [3.8, 4) is 0 Å². The molecule has 0 spiro atoms. The molecule has 0 aliphatic heterocycles. The Kier molecular flexibility index (Phi) is 5.87. The molecule has 0 amide bonds. The monoisotopic (exact) mass is 235 g/mol. The fourth-order valence-corrected chi connectivity index (χ4v) is 1.69. The number of carbonyl (C=O) groups excluding carboxylic acids is 1. The van der Waals surface area contributed by atoms with Gasteiger partial charge in [-0.05, 0) is 19.4 Å². The van der Waals surface area contributed by atoms with Crippen LogP contribution in [0.2, 0.25) is 0 Å². The minimum atomic E-state index is 0.0783. The number of Topliss-reactive ketones (excluding diaryl/α,β-unsaturated/α-hetero) is 1. The maximum atomic E-state index is 11.0. The summed E-state index contributed by atoms with van der Waals surface area (Å²) in [5.41, 5.74) is 1.20. The molecule has 17 heavy (non-hydrogen) atoms. The maximum absolute atomic E-state index is 11.0. The third-order valence-corrected chi connectivity index (χ3v) is 2.87. The summed E-state index contributed by atoms with van der Waals surface area (Å²) in [7, 11) is 0. The molecule has 1 atom stereocenters. The van der Waals surface area contributed by atoms with E-state index in [1.165, 1.54) is 5.56 Å². The summed E-state index contributed by atoms with van der Waals surface area (Å²) in [5.74, 6) is 0.188. The number of ketones is 1. The van der Waals surface area contributed by atoms with Crippen molar-refractivity contribution in [3.05, 3.63) is 35.9 Å². The minimum absolute atomic E-state index is 0.0783. The van der Waals surface area contributed by atoms with E-state index in [1.54, 1.807) is 6.92 Å².